The number of hydrogen-bond donors (Lipinski definition) is 2. The molecular formula is C14H20ClN3O2S. The van der Waals surface area contributed by atoms with Crippen LogP contribution in [0, 0.1) is 0 Å². The normalized spacial score (nSPS) is 21.2. The fourth-order valence-corrected chi connectivity index (χ4v) is 4.08. The quantitative estimate of drug-likeness (QED) is 0.650. The summed E-state index contributed by atoms with van der Waals surface area (Å²) in [5.41, 5.74) is 0.940. The Morgan fingerprint density at radius 2 is 2.19 bits per heavy atom. The van der Waals surface area contributed by atoms with E-state index in [0.29, 0.717) is 30.5 Å². The molecule has 0 spiro atoms. The van der Waals surface area contributed by atoms with Gasteiger partial charge in [-0.2, -0.15) is 0 Å². The molecule has 0 radical (unpaired) electrons. The van der Waals surface area contributed by atoms with Crippen molar-refractivity contribution in [1.29, 1.82) is 0 Å². The first-order chi connectivity index (χ1) is 10.00. The number of rotatable bonds is 4. The third kappa shape index (κ3) is 4.89. The van der Waals surface area contributed by atoms with Crippen molar-refractivity contribution in [3.05, 3.63) is 34.9 Å². The maximum atomic E-state index is 11.5. The molecule has 2 N–H and O–H groups in total. The van der Waals surface area contributed by atoms with Crippen molar-refractivity contribution in [2.75, 3.05) is 18.1 Å². The van der Waals surface area contributed by atoms with Crippen molar-refractivity contribution >= 4 is 27.4 Å². The fraction of sp³-hybridized carbons (Fsp3) is 0.500. The van der Waals surface area contributed by atoms with E-state index in [4.69, 9.17) is 11.6 Å². The molecule has 5 nitrogen and oxygen atoms in total. The highest BCUT2D eigenvalue weighted by atomic mass is 35.5. The van der Waals surface area contributed by atoms with Crippen LogP contribution in [-0.2, 0) is 16.4 Å². The molecule has 21 heavy (non-hydrogen) atoms. The SMILES string of the molecule is CCNC(=NCc1ccccc1Cl)NC1CCS(=O)(=O)C1. The molecule has 1 unspecified atom stereocenters. The van der Waals surface area contributed by atoms with Gasteiger partial charge in [-0.3, -0.25) is 0 Å². The minimum atomic E-state index is -2.90. The maximum absolute atomic E-state index is 11.5. The third-order valence-corrected chi connectivity index (χ3v) is 5.42. The molecule has 1 fully saturated rings. The number of nitrogens with one attached hydrogen (secondary N) is 2. The highest BCUT2D eigenvalue weighted by Crippen LogP contribution is 2.16. The zero-order chi connectivity index (χ0) is 15.3. The summed E-state index contributed by atoms with van der Waals surface area (Å²) in [5.74, 6) is 1.04. The van der Waals surface area contributed by atoms with E-state index in [1.165, 1.54) is 0 Å². The first-order valence-electron chi connectivity index (χ1n) is 6.99. The Morgan fingerprint density at radius 3 is 2.81 bits per heavy atom. The van der Waals surface area contributed by atoms with Crippen LogP contribution in [0.3, 0.4) is 0 Å². The van der Waals surface area contributed by atoms with E-state index < -0.39 is 9.84 Å². The highest BCUT2D eigenvalue weighted by molar-refractivity contribution is 7.91. The predicted octanol–water partition coefficient (Wildman–Crippen LogP) is 1.58. The van der Waals surface area contributed by atoms with Gasteiger partial charge < -0.3 is 10.6 Å². The zero-order valence-corrected chi connectivity index (χ0v) is 13.5. The van der Waals surface area contributed by atoms with E-state index in [9.17, 15) is 8.42 Å². The average molecular weight is 330 g/mol. The lowest BCUT2D eigenvalue weighted by Crippen LogP contribution is -2.44. The molecule has 0 bridgehead atoms. The molecule has 2 rings (SSSR count). The van der Waals surface area contributed by atoms with Crippen LogP contribution in [0.5, 0.6) is 0 Å². The van der Waals surface area contributed by atoms with Gasteiger partial charge in [-0.1, -0.05) is 29.8 Å². The van der Waals surface area contributed by atoms with Crippen LogP contribution in [0.4, 0.5) is 0 Å². The minimum Gasteiger partial charge on any atom is -0.357 e. The average Bonchev–Trinajstić information content (AvgIpc) is 2.77. The van der Waals surface area contributed by atoms with E-state index in [2.05, 4.69) is 15.6 Å². The second-order valence-electron chi connectivity index (χ2n) is 5.03. The first kappa shape index (κ1) is 16.1. The second kappa shape index (κ2) is 7.13. The number of hydrogen-bond acceptors (Lipinski definition) is 3. The molecule has 0 amide bonds. The molecule has 1 aliphatic rings. The standard InChI is InChI=1S/C14H20ClN3O2S/c1-2-16-14(18-12-7-8-21(19,20)10-12)17-9-11-5-3-4-6-13(11)15/h3-6,12H,2,7-10H2,1H3,(H2,16,17,18). The lowest BCUT2D eigenvalue weighted by atomic mass is 10.2. The number of aliphatic imine (C=N–C) groups is 1. The van der Waals surface area contributed by atoms with Gasteiger partial charge in [0.15, 0.2) is 15.8 Å². The molecule has 0 aliphatic carbocycles. The molecule has 1 aromatic carbocycles. The minimum absolute atomic E-state index is 0.0703. The number of nitrogens with zero attached hydrogens (tertiary/aromatic N) is 1. The van der Waals surface area contributed by atoms with Crippen molar-refractivity contribution in [2.24, 2.45) is 4.99 Å². The Kier molecular flexibility index (Phi) is 5.47. The van der Waals surface area contributed by atoms with Crippen molar-refractivity contribution in [3.8, 4) is 0 Å². The molecule has 1 atom stereocenters. The molecule has 1 aliphatic heterocycles. The maximum Gasteiger partial charge on any atom is 0.191 e. The van der Waals surface area contributed by atoms with Crippen molar-refractivity contribution in [3.63, 3.8) is 0 Å². The molecule has 7 heteroatoms. The predicted molar refractivity (Wildman–Crippen MR) is 86.5 cm³/mol. The summed E-state index contributed by atoms with van der Waals surface area (Å²) >= 11 is 6.10. The smallest absolute Gasteiger partial charge is 0.191 e. The zero-order valence-electron chi connectivity index (χ0n) is 12.0. The number of halogens is 1. The summed E-state index contributed by atoms with van der Waals surface area (Å²) in [6, 6.07) is 7.48. The molecule has 1 aromatic rings. The third-order valence-electron chi connectivity index (χ3n) is 3.28. The van der Waals surface area contributed by atoms with E-state index >= 15 is 0 Å². The molecular weight excluding hydrogens is 310 g/mol. The number of benzene rings is 1. The first-order valence-corrected chi connectivity index (χ1v) is 9.19. The summed E-state index contributed by atoms with van der Waals surface area (Å²) < 4.78 is 23.0. The summed E-state index contributed by atoms with van der Waals surface area (Å²) in [6.07, 6.45) is 0.624. The topological polar surface area (TPSA) is 70.6 Å². The van der Waals surface area contributed by atoms with Crippen molar-refractivity contribution in [1.82, 2.24) is 10.6 Å². The lowest BCUT2D eigenvalue weighted by Gasteiger charge is -2.15. The van der Waals surface area contributed by atoms with Crippen molar-refractivity contribution < 1.29 is 8.42 Å². The molecule has 1 heterocycles. The summed E-state index contributed by atoms with van der Waals surface area (Å²) in [4.78, 5) is 4.47. The van der Waals surface area contributed by atoms with Gasteiger partial charge >= 0.3 is 0 Å². The van der Waals surface area contributed by atoms with E-state index in [1.54, 1.807) is 0 Å². The molecule has 116 valence electrons. The largest absolute Gasteiger partial charge is 0.357 e. The highest BCUT2D eigenvalue weighted by Gasteiger charge is 2.28. The summed E-state index contributed by atoms with van der Waals surface area (Å²) in [5, 5.41) is 6.99. The van der Waals surface area contributed by atoms with Gasteiger partial charge in [-0.25, -0.2) is 13.4 Å². The van der Waals surface area contributed by atoms with Gasteiger partial charge in [0.25, 0.3) is 0 Å². The molecule has 0 aromatic heterocycles. The molecule has 0 saturated carbocycles. The van der Waals surface area contributed by atoms with Gasteiger partial charge in [0, 0.05) is 17.6 Å². The summed E-state index contributed by atoms with van der Waals surface area (Å²) in [6.45, 7) is 3.14. The second-order valence-corrected chi connectivity index (χ2v) is 7.67. The van der Waals surface area contributed by atoms with Crippen LogP contribution in [-0.4, -0.2) is 38.5 Å². The van der Waals surface area contributed by atoms with E-state index in [1.807, 2.05) is 31.2 Å². The van der Waals surface area contributed by atoms with Crippen LogP contribution in [0.2, 0.25) is 5.02 Å². The van der Waals surface area contributed by atoms with Crippen molar-refractivity contribution in [2.45, 2.75) is 25.9 Å². The Labute approximate surface area is 130 Å². The van der Waals surface area contributed by atoms with Gasteiger partial charge in [-0.15, -0.1) is 0 Å². The van der Waals surface area contributed by atoms with Crippen LogP contribution in [0.15, 0.2) is 29.3 Å². The summed E-state index contributed by atoms with van der Waals surface area (Å²) in [7, 11) is -2.90. The van der Waals surface area contributed by atoms with Gasteiger partial charge in [0.2, 0.25) is 0 Å². The number of sulfone groups is 1. The number of guanidine groups is 1. The van der Waals surface area contributed by atoms with E-state index in [0.717, 1.165) is 5.56 Å². The van der Waals surface area contributed by atoms with Crippen LogP contribution in [0.25, 0.3) is 0 Å². The molecule has 1 saturated heterocycles. The van der Waals surface area contributed by atoms with Crippen LogP contribution >= 0.6 is 11.6 Å². The Morgan fingerprint density at radius 1 is 1.43 bits per heavy atom. The Balaban J connectivity index is 2.01. The van der Waals surface area contributed by atoms with Crippen LogP contribution < -0.4 is 10.6 Å². The van der Waals surface area contributed by atoms with E-state index in [-0.39, 0.29) is 17.5 Å². The monoisotopic (exact) mass is 329 g/mol. The Hall–Kier alpha value is -1.27. The van der Waals surface area contributed by atoms with Gasteiger partial charge in [-0.05, 0) is 25.0 Å². The lowest BCUT2D eigenvalue weighted by molar-refractivity contribution is 0.599. The Bertz CT molecular complexity index is 616. The van der Waals surface area contributed by atoms with Gasteiger partial charge in [0.1, 0.15) is 0 Å². The fourth-order valence-electron chi connectivity index (χ4n) is 2.21. The van der Waals surface area contributed by atoms with Crippen LogP contribution in [0.1, 0.15) is 18.9 Å². The van der Waals surface area contributed by atoms with Gasteiger partial charge in [0.05, 0.1) is 18.1 Å².